The summed E-state index contributed by atoms with van der Waals surface area (Å²) in [7, 11) is 1.32. The van der Waals surface area contributed by atoms with Crippen molar-refractivity contribution in [3.8, 4) is 11.5 Å². The van der Waals surface area contributed by atoms with Crippen LogP contribution in [-0.4, -0.2) is 21.8 Å². The quantitative estimate of drug-likeness (QED) is 0.359. The molecule has 0 spiro atoms. The van der Waals surface area contributed by atoms with Crippen molar-refractivity contribution in [3.05, 3.63) is 92.7 Å². The molecular formula is C25H17ClF4NO6-. The van der Waals surface area contributed by atoms with Crippen LogP contribution < -0.4 is 15.6 Å². The molecule has 1 heterocycles. The van der Waals surface area contributed by atoms with Crippen molar-refractivity contribution in [1.82, 2.24) is 4.57 Å². The van der Waals surface area contributed by atoms with Crippen molar-refractivity contribution < 1.29 is 41.7 Å². The lowest BCUT2D eigenvalue weighted by Gasteiger charge is -2.37. The second-order valence-electron chi connectivity index (χ2n) is 8.31. The van der Waals surface area contributed by atoms with E-state index in [0.717, 1.165) is 35.8 Å². The molecular weight excluding hydrogens is 522 g/mol. The molecule has 4 aromatic rings. The largest absolute Gasteiger partial charge is 0.545 e. The lowest BCUT2D eigenvalue weighted by Crippen LogP contribution is -2.46. The Kier molecular flexibility index (Phi) is 6.55. The molecule has 0 fully saturated rings. The number of aromatic nitrogens is 1. The Bertz CT molecular complexity index is 1580. The fourth-order valence-electron chi connectivity index (χ4n) is 4.03. The molecule has 0 amide bonds. The number of nitrogens with zero attached hydrogens (tertiary/aromatic N) is 1. The number of aryl methyl sites for hydroxylation is 1. The van der Waals surface area contributed by atoms with Crippen molar-refractivity contribution >= 4 is 28.7 Å². The molecule has 194 valence electrons. The molecule has 2 unspecified atom stereocenters. The zero-order valence-corrected chi connectivity index (χ0v) is 19.9. The Morgan fingerprint density at radius 1 is 1.11 bits per heavy atom. The van der Waals surface area contributed by atoms with Gasteiger partial charge in [0.25, 0.3) is 0 Å². The predicted molar refractivity (Wildman–Crippen MR) is 122 cm³/mol. The molecule has 0 aliphatic rings. The second kappa shape index (κ2) is 9.24. The van der Waals surface area contributed by atoms with E-state index in [1.165, 1.54) is 37.4 Å². The topological polar surface area (TPSA) is 105 Å². The van der Waals surface area contributed by atoms with E-state index >= 15 is 0 Å². The third-order valence-corrected chi connectivity index (χ3v) is 6.45. The number of fused-ring (bicyclic) bond motifs is 1. The van der Waals surface area contributed by atoms with Gasteiger partial charge in [0.15, 0.2) is 11.2 Å². The average Bonchev–Trinajstić information content (AvgIpc) is 3.10. The average molecular weight is 539 g/mol. The lowest BCUT2D eigenvalue weighted by molar-refractivity contribution is -0.274. The van der Waals surface area contributed by atoms with Gasteiger partial charge in [-0.1, -0.05) is 30.7 Å². The van der Waals surface area contributed by atoms with Gasteiger partial charge < -0.3 is 24.2 Å². The molecule has 0 aliphatic carbocycles. The predicted octanol–water partition coefficient (Wildman–Crippen LogP) is 4.63. The van der Waals surface area contributed by atoms with Gasteiger partial charge in [-0.15, -0.1) is 0 Å². The number of hydrogen-bond donors (Lipinski definition) is 1. The summed E-state index contributed by atoms with van der Waals surface area (Å²) in [5.41, 5.74) is -4.58. The van der Waals surface area contributed by atoms with E-state index in [1.54, 1.807) is 0 Å². The highest BCUT2D eigenvalue weighted by Crippen LogP contribution is 2.50. The summed E-state index contributed by atoms with van der Waals surface area (Å²) in [6.07, 6.45) is -5.15. The molecule has 0 saturated heterocycles. The molecule has 1 aromatic heterocycles. The Labute approximate surface area is 211 Å². The number of oxazole rings is 1. The highest BCUT2D eigenvalue weighted by Gasteiger charge is 2.59. The maximum atomic E-state index is 14.4. The maximum absolute atomic E-state index is 14.4. The van der Waals surface area contributed by atoms with Crippen molar-refractivity contribution in [1.29, 1.82) is 0 Å². The molecule has 2 atom stereocenters. The maximum Gasteiger partial charge on any atom is 0.422 e. The Morgan fingerprint density at radius 3 is 2.35 bits per heavy atom. The minimum atomic E-state index is -5.15. The van der Waals surface area contributed by atoms with Crippen LogP contribution in [0.5, 0.6) is 11.5 Å². The number of alkyl halides is 3. The van der Waals surface area contributed by atoms with E-state index in [9.17, 15) is 37.4 Å². The number of hydrogen-bond acceptors (Lipinski definition) is 6. The van der Waals surface area contributed by atoms with Gasteiger partial charge in [-0.2, -0.15) is 13.2 Å². The Balaban J connectivity index is 1.71. The molecule has 0 radical (unpaired) electrons. The monoisotopic (exact) mass is 538 g/mol. The number of ether oxygens (including phenoxy) is 1. The van der Waals surface area contributed by atoms with Gasteiger partial charge in [0, 0.05) is 29.6 Å². The number of rotatable bonds is 6. The van der Waals surface area contributed by atoms with Crippen LogP contribution in [0, 0.1) is 5.82 Å². The summed E-state index contributed by atoms with van der Waals surface area (Å²) < 4.78 is 68.4. The van der Waals surface area contributed by atoms with Gasteiger partial charge in [0.2, 0.25) is 0 Å². The molecule has 0 aliphatic heterocycles. The molecule has 3 aromatic carbocycles. The standard InChI is InChI=1S/C25H18ClF4NO6/c1-12(24(35,25(28,29)30)13-3-8-21-20(9-13)31(2)23(34)37-21)16-6-4-14(10-18(16)26)36-15-5-7-17(22(32)33)19(27)11-15/h3-12,35H,1-2H3,(H,32,33)/p-1. The molecule has 4 rings (SSSR count). The number of carboxylic acid groups (broad SMARTS) is 1. The molecule has 7 nitrogen and oxygen atoms in total. The van der Waals surface area contributed by atoms with E-state index in [0.29, 0.717) is 0 Å². The zero-order chi connectivity index (χ0) is 27.3. The number of carbonyl (C=O) groups excluding carboxylic acids is 1. The summed E-state index contributed by atoms with van der Waals surface area (Å²) in [5, 5.41) is 21.8. The van der Waals surface area contributed by atoms with E-state index < -0.39 is 46.4 Å². The number of halogens is 5. The smallest absolute Gasteiger partial charge is 0.422 e. The van der Waals surface area contributed by atoms with E-state index in [2.05, 4.69) is 0 Å². The fraction of sp³-hybridized carbons (Fsp3) is 0.200. The minimum absolute atomic E-state index is 0.0203. The first-order valence-electron chi connectivity index (χ1n) is 10.6. The van der Waals surface area contributed by atoms with Gasteiger partial charge >= 0.3 is 11.9 Å². The van der Waals surface area contributed by atoms with Gasteiger partial charge in [0.1, 0.15) is 17.3 Å². The Hall–Kier alpha value is -3.83. The van der Waals surface area contributed by atoms with E-state index in [4.69, 9.17) is 20.8 Å². The van der Waals surface area contributed by atoms with E-state index in [-0.39, 0.29) is 33.2 Å². The van der Waals surface area contributed by atoms with Crippen molar-refractivity contribution in [2.75, 3.05) is 0 Å². The van der Waals surface area contributed by atoms with Gasteiger partial charge in [-0.05, 0) is 47.5 Å². The van der Waals surface area contributed by atoms with Crippen LogP contribution in [0.2, 0.25) is 5.02 Å². The van der Waals surface area contributed by atoms with Crippen molar-refractivity contribution in [2.24, 2.45) is 7.05 Å². The first-order chi connectivity index (χ1) is 17.2. The lowest BCUT2D eigenvalue weighted by atomic mass is 9.77. The third-order valence-electron chi connectivity index (χ3n) is 6.12. The fourth-order valence-corrected chi connectivity index (χ4v) is 4.37. The van der Waals surface area contributed by atoms with Crippen LogP contribution in [0.25, 0.3) is 11.1 Å². The first kappa shape index (κ1) is 26.2. The highest BCUT2D eigenvalue weighted by molar-refractivity contribution is 6.31. The summed E-state index contributed by atoms with van der Waals surface area (Å²) in [5.74, 6) is -5.29. The number of aromatic carboxylic acids is 1. The highest BCUT2D eigenvalue weighted by atomic mass is 35.5. The zero-order valence-electron chi connectivity index (χ0n) is 19.1. The van der Waals surface area contributed by atoms with Crippen LogP contribution in [0.15, 0.2) is 63.8 Å². The summed E-state index contributed by atoms with van der Waals surface area (Å²) in [6, 6.07) is 9.79. The molecule has 37 heavy (non-hydrogen) atoms. The molecule has 0 saturated carbocycles. The number of carbonyl (C=O) groups is 1. The molecule has 0 bridgehead atoms. The van der Waals surface area contributed by atoms with Gasteiger partial charge in [-0.3, -0.25) is 4.57 Å². The summed E-state index contributed by atoms with van der Waals surface area (Å²) in [4.78, 5) is 22.6. The second-order valence-corrected chi connectivity index (χ2v) is 8.72. The van der Waals surface area contributed by atoms with Gasteiger partial charge in [0.05, 0.1) is 11.5 Å². The van der Waals surface area contributed by atoms with Crippen LogP contribution in [0.3, 0.4) is 0 Å². The van der Waals surface area contributed by atoms with Crippen LogP contribution in [-0.2, 0) is 12.6 Å². The number of aliphatic hydroxyl groups is 1. The SMILES string of the molecule is CC(c1ccc(Oc2ccc(C(=O)[O-])c(F)c2)cc1Cl)C(O)(c1ccc2oc(=O)n(C)c2c1)C(F)(F)F. The van der Waals surface area contributed by atoms with Crippen LogP contribution in [0.4, 0.5) is 17.6 Å². The molecule has 1 N–H and O–H groups in total. The minimum Gasteiger partial charge on any atom is -0.545 e. The summed E-state index contributed by atoms with van der Waals surface area (Å²) in [6.45, 7) is 1.14. The molecule has 12 heteroatoms. The Morgan fingerprint density at radius 2 is 1.76 bits per heavy atom. The normalized spacial score (nSPS) is 14.4. The first-order valence-corrected chi connectivity index (χ1v) is 11.0. The van der Waals surface area contributed by atoms with Crippen molar-refractivity contribution in [3.63, 3.8) is 0 Å². The van der Waals surface area contributed by atoms with Crippen LogP contribution in [0.1, 0.15) is 34.3 Å². The van der Waals surface area contributed by atoms with Crippen molar-refractivity contribution in [2.45, 2.75) is 24.6 Å². The van der Waals surface area contributed by atoms with Gasteiger partial charge in [-0.25, -0.2) is 9.18 Å². The number of carboxylic acids is 1. The number of benzene rings is 3. The summed E-state index contributed by atoms with van der Waals surface area (Å²) >= 11 is 6.28. The van der Waals surface area contributed by atoms with E-state index in [1.807, 2.05) is 0 Å². The van der Waals surface area contributed by atoms with Crippen LogP contribution >= 0.6 is 11.6 Å². The third kappa shape index (κ3) is 4.56.